The van der Waals surface area contributed by atoms with Crippen molar-refractivity contribution in [3.63, 3.8) is 0 Å². The van der Waals surface area contributed by atoms with Gasteiger partial charge in [-0.05, 0) is 49.4 Å². The lowest BCUT2D eigenvalue weighted by Gasteiger charge is -2.32. The Bertz CT molecular complexity index is 1050. The summed E-state index contributed by atoms with van der Waals surface area (Å²) in [6.07, 6.45) is 2.47. The summed E-state index contributed by atoms with van der Waals surface area (Å²) >= 11 is 0. The van der Waals surface area contributed by atoms with Crippen molar-refractivity contribution in [2.45, 2.75) is 26.2 Å². The summed E-state index contributed by atoms with van der Waals surface area (Å²) in [5.74, 6) is 0.794. The lowest BCUT2D eigenvalue weighted by molar-refractivity contribution is 0.0667. The van der Waals surface area contributed by atoms with Crippen LogP contribution in [-0.4, -0.2) is 41.1 Å². The molecule has 0 unspecified atom stereocenters. The lowest BCUT2D eigenvalue weighted by Crippen LogP contribution is -2.40. The Labute approximate surface area is 174 Å². The van der Waals surface area contributed by atoms with Crippen molar-refractivity contribution in [2.24, 2.45) is 5.92 Å². The lowest BCUT2D eigenvalue weighted by atomic mass is 9.94. The number of nitrogens with zero attached hydrogens (tertiary/aromatic N) is 3. The third kappa shape index (κ3) is 4.20. The molecule has 7 heteroatoms. The summed E-state index contributed by atoms with van der Waals surface area (Å²) in [5, 5.41) is 4.12. The van der Waals surface area contributed by atoms with Crippen LogP contribution in [0, 0.1) is 18.7 Å². The van der Waals surface area contributed by atoms with Gasteiger partial charge in [-0.2, -0.15) is 4.98 Å². The van der Waals surface area contributed by atoms with Crippen molar-refractivity contribution in [2.75, 3.05) is 20.2 Å². The van der Waals surface area contributed by atoms with Gasteiger partial charge in [-0.25, -0.2) is 4.39 Å². The monoisotopic (exact) mass is 409 g/mol. The Morgan fingerprint density at radius 3 is 2.90 bits per heavy atom. The Hall–Kier alpha value is -3.22. The molecule has 4 rings (SSSR count). The van der Waals surface area contributed by atoms with Crippen LogP contribution in [0.5, 0.6) is 5.75 Å². The molecule has 2 aromatic carbocycles. The number of aryl methyl sites for hydroxylation is 1. The van der Waals surface area contributed by atoms with Crippen LogP contribution in [0.15, 0.2) is 47.0 Å². The smallest absolute Gasteiger partial charge is 0.253 e. The average molecular weight is 409 g/mol. The molecular weight excluding hydrogens is 385 g/mol. The van der Waals surface area contributed by atoms with Crippen molar-refractivity contribution >= 4 is 5.91 Å². The summed E-state index contributed by atoms with van der Waals surface area (Å²) < 4.78 is 24.4. The zero-order chi connectivity index (χ0) is 21.1. The van der Waals surface area contributed by atoms with Crippen LogP contribution in [-0.2, 0) is 6.42 Å². The van der Waals surface area contributed by atoms with E-state index in [-0.39, 0.29) is 17.6 Å². The highest BCUT2D eigenvalue weighted by atomic mass is 19.1. The normalized spacial score (nSPS) is 16.5. The molecule has 0 saturated carbocycles. The fraction of sp³-hybridized carbons (Fsp3) is 0.348. The molecule has 3 aromatic rings. The SMILES string of the molecule is COc1ccc(C(=O)N2CCC[C@@H](Cc3nc(-c4ccccc4C)no3)C2)cc1F. The Morgan fingerprint density at radius 1 is 1.30 bits per heavy atom. The average Bonchev–Trinajstić information content (AvgIpc) is 3.22. The first kappa shape index (κ1) is 20.1. The van der Waals surface area contributed by atoms with Gasteiger partial charge in [-0.3, -0.25) is 4.79 Å². The number of halogens is 1. The van der Waals surface area contributed by atoms with Crippen LogP contribution in [0.4, 0.5) is 4.39 Å². The summed E-state index contributed by atoms with van der Waals surface area (Å²) in [6, 6.07) is 12.2. The number of hydrogen-bond acceptors (Lipinski definition) is 5. The van der Waals surface area contributed by atoms with Crippen molar-refractivity contribution in [3.05, 3.63) is 65.3 Å². The number of ether oxygens (including phenoxy) is 1. The minimum atomic E-state index is -0.536. The molecule has 1 aliphatic heterocycles. The summed E-state index contributed by atoms with van der Waals surface area (Å²) in [6.45, 7) is 3.24. The molecule has 2 heterocycles. The minimum Gasteiger partial charge on any atom is -0.494 e. The van der Waals surface area contributed by atoms with Crippen LogP contribution in [0.3, 0.4) is 0 Å². The Morgan fingerprint density at radius 2 is 2.13 bits per heavy atom. The van der Waals surface area contributed by atoms with Gasteiger partial charge < -0.3 is 14.2 Å². The van der Waals surface area contributed by atoms with Gasteiger partial charge in [0.2, 0.25) is 11.7 Å². The summed E-state index contributed by atoms with van der Waals surface area (Å²) in [5.41, 5.74) is 2.37. The molecule has 1 aromatic heterocycles. The fourth-order valence-electron chi connectivity index (χ4n) is 3.92. The first-order valence-corrected chi connectivity index (χ1v) is 10.1. The number of hydrogen-bond donors (Lipinski definition) is 0. The maximum Gasteiger partial charge on any atom is 0.253 e. The largest absolute Gasteiger partial charge is 0.494 e. The van der Waals surface area contributed by atoms with Gasteiger partial charge in [-0.1, -0.05) is 29.4 Å². The number of methoxy groups -OCH3 is 1. The van der Waals surface area contributed by atoms with Crippen molar-refractivity contribution in [1.82, 2.24) is 15.0 Å². The van der Waals surface area contributed by atoms with Crippen LogP contribution in [0.2, 0.25) is 0 Å². The van der Waals surface area contributed by atoms with Crippen molar-refractivity contribution in [1.29, 1.82) is 0 Å². The highest BCUT2D eigenvalue weighted by Crippen LogP contribution is 2.25. The molecule has 1 amide bonds. The highest BCUT2D eigenvalue weighted by Gasteiger charge is 2.27. The van der Waals surface area contributed by atoms with E-state index >= 15 is 0 Å². The van der Waals surface area contributed by atoms with E-state index in [9.17, 15) is 9.18 Å². The molecule has 0 aliphatic carbocycles. The zero-order valence-electron chi connectivity index (χ0n) is 17.1. The third-order valence-corrected chi connectivity index (χ3v) is 5.52. The molecule has 1 atom stereocenters. The Kier molecular flexibility index (Phi) is 5.79. The standard InChI is InChI=1S/C23H24FN3O3/c1-15-6-3-4-8-18(15)22-25-21(30-26-22)12-16-7-5-11-27(14-16)23(28)17-9-10-20(29-2)19(24)13-17/h3-4,6,8-10,13,16H,5,7,11-12,14H2,1-2H3/t16-/m0/s1. The maximum absolute atomic E-state index is 14.0. The first-order chi connectivity index (χ1) is 14.5. The van der Waals surface area contributed by atoms with Gasteiger partial charge in [0.15, 0.2) is 11.6 Å². The number of piperidine rings is 1. The van der Waals surface area contributed by atoms with Crippen LogP contribution < -0.4 is 4.74 Å². The van der Waals surface area contributed by atoms with E-state index in [1.54, 1.807) is 11.0 Å². The zero-order valence-corrected chi connectivity index (χ0v) is 17.1. The van der Waals surface area contributed by atoms with E-state index in [0.717, 1.165) is 24.0 Å². The van der Waals surface area contributed by atoms with Crippen molar-refractivity contribution in [3.8, 4) is 17.1 Å². The van der Waals surface area contributed by atoms with Gasteiger partial charge in [0.25, 0.3) is 5.91 Å². The first-order valence-electron chi connectivity index (χ1n) is 10.1. The topological polar surface area (TPSA) is 68.5 Å². The molecule has 6 nitrogen and oxygen atoms in total. The molecule has 0 bridgehead atoms. The number of amides is 1. The van der Waals surface area contributed by atoms with Gasteiger partial charge in [0.05, 0.1) is 7.11 Å². The fourth-order valence-corrected chi connectivity index (χ4v) is 3.92. The Balaban J connectivity index is 1.43. The summed E-state index contributed by atoms with van der Waals surface area (Å²) in [7, 11) is 1.40. The van der Waals surface area contributed by atoms with E-state index in [1.807, 2.05) is 31.2 Å². The van der Waals surface area contributed by atoms with Crippen LogP contribution >= 0.6 is 0 Å². The molecular formula is C23H24FN3O3. The predicted molar refractivity (Wildman–Crippen MR) is 110 cm³/mol. The minimum absolute atomic E-state index is 0.129. The summed E-state index contributed by atoms with van der Waals surface area (Å²) in [4.78, 5) is 19.2. The number of carbonyl (C=O) groups excluding carboxylic acids is 1. The third-order valence-electron chi connectivity index (χ3n) is 5.52. The van der Waals surface area contributed by atoms with Gasteiger partial charge >= 0.3 is 0 Å². The highest BCUT2D eigenvalue weighted by molar-refractivity contribution is 5.94. The number of carbonyl (C=O) groups is 1. The number of benzene rings is 2. The molecule has 30 heavy (non-hydrogen) atoms. The predicted octanol–water partition coefficient (Wildman–Crippen LogP) is 4.29. The van der Waals surface area contributed by atoms with Gasteiger partial charge in [-0.15, -0.1) is 0 Å². The molecule has 1 fully saturated rings. The number of aromatic nitrogens is 2. The number of likely N-dealkylation sites (tertiary alicyclic amines) is 1. The second kappa shape index (κ2) is 8.65. The maximum atomic E-state index is 14.0. The van der Waals surface area contributed by atoms with Crippen molar-refractivity contribution < 1.29 is 18.4 Å². The molecule has 0 radical (unpaired) electrons. The van der Waals surface area contributed by atoms with E-state index in [2.05, 4.69) is 10.1 Å². The van der Waals surface area contributed by atoms with E-state index < -0.39 is 5.82 Å². The van der Waals surface area contributed by atoms with Crippen LogP contribution in [0.25, 0.3) is 11.4 Å². The van der Waals surface area contributed by atoms with Crippen LogP contribution in [0.1, 0.15) is 34.7 Å². The molecule has 1 saturated heterocycles. The second-order valence-electron chi connectivity index (χ2n) is 7.64. The van der Waals surface area contributed by atoms with E-state index in [1.165, 1.54) is 19.2 Å². The number of rotatable bonds is 5. The van der Waals surface area contributed by atoms with E-state index in [4.69, 9.17) is 9.26 Å². The molecule has 1 aliphatic rings. The molecule has 0 spiro atoms. The van der Waals surface area contributed by atoms with E-state index in [0.29, 0.717) is 36.8 Å². The molecule has 0 N–H and O–H groups in total. The second-order valence-corrected chi connectivity index (χ2v) is 7.64. The van der Waals surface area contributed by atoms with Gasteiger partial charge in [0.1, 0.15) is 0 Å². The molecule has 156 valence electrons. The van der Waals surface area contributed by atoms with Gasteiger partial charge in [0, 0.05) is 30.6 Å². The quantitative estimate of drug-likeness (QED) is 0.629.